The number of ether oxygens (including phenoxy) is 1. The normalized spacial score (nSPS) is 13.4. The number of imidazole rings is 1. The maximum Gasteiger partial charge on any atom is 0.0956 e. The van der Waals surface area contributed by atoms with Crippen LogP contribution in [0.3, 0.4) is 0 Å². The quantitative estimate of drug-likeness (QED) is 0.733. The van der Waals surface area contributed by atoms with Gasteiger partial charge in [-0.05, 0) is 26.7 Å². The van der Waals surface area contributed by atoms with Crippen LogP contribution in [0.5, 0.6) is 0 Å². The van der Waals surface area contributed by atoms with E-state index >= 15 is 0 Å². The van der Waals surface area contributed by atoms with Crippen LogP contribution in [-0.2, 0) is 4.74 Å². The Kier molecular flexibility index (Phi) is 4.78. The van der Waals surface area contributed by atoms with Crippen LogP contribution in [-0.4, -0.2) is 28.4 Å². The molecule has 1 atom stereocenters. The predicted octanol–water partition coefficient (Wildman–Crippen LogP) is 1.92. The highest BCUT2D eigenvalue weighted by atomic mass is 16.5. The Balaban J connectivity index is 2.56. The third-order valence-electron chi connectivity index (χ3n) is 2.42. The highest BCUT2D eigenvalue weighted by Crippen LogP contribution is 2.20. The fourth-order valence-corrected chi connectivity index (χ4v) is 1.57. The molecule has 0 radical (unpaired) electrons. The molecule has 0 aliphatic heterocycles. The van der Waals surface area contributed by atoms with Crippen LogP contribution in [0.4, 0.5) is 0 Å². The predicted molar refractivity (Wildman–Crippen MR) is 58.7 cm³/mol. The molecule has 4 heteroatoms. The van der Waals surface area contributed by atoms with Gasteiger partial charge in [-0.2, -0.15) is 0 Å². The third kappa shape index (κ3) is 3.32. The van der Waals surface area contributed by atoms with Gasteiger partial charge in [-0.25, -0.2) is 4.98 Å². The van der Waals surface area contributed by atoms with Gasteiger partial charge < -0.3 is 14.4 Å². The fourth-order valence-electron chi connectivity index (χ4n) is 1.57. The van der Waals surface area contributed by atoms with Crippen molar-refractivity contribution in [2.45, 2.75) is 38.8 Å². The molecule has 1 aromatic heterocycles. The molecule has 1 heterocycles. The van der Waals surface area contributed by atoms with Crippen LogP contribution in [0.2, 0.25) is 0 Å². The minimum Gasteiger partial charge on any atom is -0.387 e. The molecule has 0 amide bonds. The summed E-state index contributed by atoms with van der Waals surface area (Å²) in [6, 6.07) is 0.333. The van der Waals surface area contributed by atoms with E-state index in [0.717, 1.165) is 12.1 Å². The van der Waals surface area contributed by atoms with E-state index in [9.17, 15) is 5.11 Å². The monoisotopic (exact) mass is 212 g/mol. The molecule has 0 saturated carbocycles. The maximum absolute atomic E-state index is 9.95. The van der Waals surface area contributed by atoms with Crippen molar-refractivity contribution < 1.29 is 9.84 Å². The highest BCUT2D eigenvalue weighted by molar-refractivity contribution is 5.03. The number of rotatable bonds is 6. The van der Waals surface area contributed by atoms with Gasteiger partial charge in [-0.1, -0.05) is 0 Å². The number of aromatic nitrogens is 2. The zero-order chi connectivity index (χ0) is 11.3. The first kappa shape index (κ1) is 12.2. The summed E-state index contributed by atoms with van der Waals surface area (Å²) in [4.78, 5) is 4.06. The molecular weight excluding hydrogens is 192 g/mol. The van der Waals surface area contributed by atoms with E-state index in [4.69, 9.17) is 4.74 Å². The summed E-state index contributed by atoms with van der Waals surface area (Å²) in [5.41, 5.74) is 0.890. The molecule has 0 aliphatic carbocycles. The molecule has 0 aliphatic rings. The molecule has 0 saturated heterocycles. The molecular formula is C11H20N2O2. The van der Waals surface area contributed by atoms with E-state index < -0.39 is 6.10 Å². The Morgan fingerprint density at radius 3 is 2.87 bits per heavy atom. The molecule has 1 aromatic rings. The van der Waals surface area contributed by atoms with Crippen molar-refractivity contribution in [2.75, 3.05) is 13.7 Å². The maximum atomic E-state index is 9.95. The van der Waals surface area contributed by atoms with E-state index in [0.29, 0.717) is 19.1 Å². The molecule has 1 unspecified atom stereocenters. The average Bonchev–Trinajstić information content (AvgIpc) is 2.66. The summed E-state index contributed by atoms with van der Waals surface area (Å²) in [6.07, 6.45) is 4.63. The second-order valence-electron chi connectivity index (χ2n) is 3.97. The Bertz CT molecular complexity index is 284. The van der Waals surface area contributed by atoms with Crippen molar-refractivity contribution in [2.24, 2.45) is 0 Å². The standard InChI is InChI=1S/C11H20N2O2/c1-9(2)13-8-12-7-10(13)11(14)5-4-6-15-3/h7-9,11,14H,4-6H2,1-3H3. The molecule has 0 aromatic carbocycles. The molecule has 4 nitrogen and oxygen atoms in total. The lowest BCUT2D eigenvalue weighted by atomic mass is 10.1. The lowest BCUT2D eigenvalue weighted by molar-refractivity contribution is 0.129. The lowest BCUT2D eigenvalue weighted by Gasteiger charge is -2.16. The Labute approximate surface area is 90.9 Å². The molecule has 15 heavy (non-hydrogen) atoms. The van der Waals surface area contributed by atoms with Crippen molar-refractivity contribution in [1.29, 1.82) is 0 Å². The summed E-state index contributed by atoms with van der Waals surface area (Å²) in [6.45, 7) is 4.84. The molecule has 1 rings (SSSR count). The lowest BCUT2D eigenvalue weighted by Crippen LogP contribution is -2.09. The van der Waals surface area contributed by atoms with E-state index in [1.54, 1.807) is 19.6 Å². The van der Waals surface area contributed by atoms with Gasteiger partial charge in [0.05, 0.1) is 24.3 Å². The summed E-state index contributed by atoms with van der Waals surface area (Å²) >= 11 is 0. The second kappa shape index (κ2) is 5.88. The molecule has 86 valence electrons. The highest BCUT2D eigenvalue weighted by Gasteiger charge is 2.13. The first-order valence-corrected chi connectivity index (χ1v) is 5.35. The van der Waals surface area contributed by atoms with Crippen LogP contribution in [0.25, 0.3) is 0 Å². The summed E-state index contributed by atoms with van der Waals surface area (Å²) in [7, 11) is 1.67. The van der Waals surface area contributed by atoms with E-state index in [1.807, 2.05) is 4.57 Å². The van der Waals surface area contributed by atoms with Crippen LogP contribution < -0.4 is 0 Å². The number of hydrogen-bond acceptors (Lipinski definition) is 3. The SMILES string of the molecule is COCCCC(O)c1cncn1C(C)C. The largest absolute Gasteiger partial charge is 0.387 e. The Morgan fingerprint density at radius 2 is 2.27 bits per heavy atom. The van der Waals surface area contributed by atoms with E-state index in [-0.39, 0.29) is 0 Å². The van der Waals surface area contributed by atoms with Crippen LogP contribution >= 0.6 is 0 Å². The summed E-state index contributed by atoms with van der Waals surface area (Å²) in [5.74, 6) is 0. The van der Waals surface area contributed by atoms with Gasteiger partial charge in [0, 0.05) is 19.8 Å². The van der Waals surface area contributed by atoms with Crippen LogP contribution in [0.15, 0.2) is 12.5 Å². The van der Waals surface area contributed by atoms with Gasteiger partial charge >= 0.3 is 0 Å². The zero-order valence-corrected chi connectivity index (χ0v) is 9.68. The van der Waals surface area contributed by atoms with Gasteiger partial charge in [0.2, 0.25) is 0 Å². The minimum absolute atomic E-state index is 0.333. The van der Waals surface area contributed by atoms with E-state index in [2.05, 4.69) is 18.8 Å². The van der Waals surface area contributed by atoms with Crippen molar-refractivity contribution in [3.8, 4) is 0 Å². The molecule has 0 bridgehead atoms. The minimum atomic E-state index is -0.440. The summed E-state index contributed by atoms with van der Waals surface area (Å²) < 4.78 is 6.95. The number of aliphatic hydroxyl groups excluding tert-OH is 1. The number of methoxy groups -OCH3 is 1. The van der Waals surface area contributed by atoms with Crippen LogP contribution in [0.1, 0.15) is 44.5 Å². The topological polar surface area (TPSA) is 47.3 Å². The molecule has 0 spiro atoms. The Morgan fingerprint density at radius 1 is 1.53 bits per heavy atom. The van der Waals surface area contributed by atoms with Crippen LogP contribution in [0, 0.1) is 0 Å². The van der Waals surface area contributed by atoms with Crippen molar-refractivity contribution in [3.63, 3.8) is 0 Å². The van der Waals surface area contributed by atoms with Crippen molar-refractivity contribution in [1.82, 2.24) is 9.55 Å². The van der Waals surface area contributed by atoms with Gasteiger partial charge in [-0.3, -0.25) is 0 Å². The molecule has 1 N–H and O–H groups in total. The smallest absolute Gasteiger partial charge is 0.0956 e. The first-order valence-electron chi connectivity index (χ1n) is 5.35. The molecule has 0 fully saturated rings. The van der Waals surface area contributed by atoms with E-state index in [1.165, 1.54) is 0 Å². The number of hydrogen-bond donors (Lipinski definition) is 1. The summed E-state index contributed by atoms with van der Waals surface area (Å²) in [5, 5.41) is 9.95. The van der Waals surface area contributed by atoms with Crippen molar-refractivity contribution >= 4 is 0 Å². The van der Waals surface area contributed by atoms with Gasteiger partial charge in [0.1, 0.15) is 0 Å². The van der Waals surface area contributed by atoms with Gasteiger partial charge in [0.15, 0.2) is 0 Å². The van der Waals surface area contributed by atoms with Crippen molar-refractivity contribution in [3.05, 3.63) is 18.2 Å². The Hall–Kier alpha value is -0.870. The number of nitrogens with zero attached hydrogens (tertiary/aromatic N) is 2. The zero-order valence-electron chi connectivity index (χ0n) is 9.68. The average molecular weight is 212 g/mol. The number of aliphatic hydroxyl groups is 1. The van der Waals surface area contributed by atoms with Gasteiger partial charge in [-0.15, -0.1) is 0 Å². The van der Waals surface area contributed by atoms with Gasteiger partial charge in [0.25, 0.3) is 0 Å². The second-order valence-corrected chi connectivity index (χ2v) is 3.97. The third-order valence-corrected chi connectivity index (χ3v) is 2.42. The first-order chi connectivity index (χ1) is 7.16. The fraction of sp³-hybridized carbons (Fsp3) is 0.727.